The molecule has 2 rings (SSSR count). The van der Waals surface area contributed by atoms with E-state index < -0.39 is 0 Å². The molecule has 0 unspecified atom stereocenters. The molecule has 0 aliphatic heterocycles. The molecule has 0 amide bonds. The monoisotopic (exact) mass is 201 g/mol. The molecule has 15 heavy (non-hydrogen) atoms. The smallest absolute Gasteiger partial charge is 0.250 e. The van der Waals surface area contributed by atoms with Gasteiger partial charge in [-0.25, -0.2) is 0 Å². The Hall–Kier alpha value is -2.03. The largest absolute Gasteiger partial charge is 0.508 e. The van der Waals surface area contributed by atoms with Crippen LogP contribution in [0.15, 0.2) is 41.3 Å². The van der Waals surface area contributed by atoms with Gasteiger partial charge < -0.3 is 10.1 Å². The van der Waals surface area contributed by atoms with Gasteiger partial charge in [0.05, 0.1) is 0 Å². The molecule has 76 valence electrons. The molecule has 0 atom stereocenters. The van der Waals surface area contributed by atoms with E-state index in [0.717, 1.165) is 11.1 Å². The van der Waals surface area contributed by atoms with Crippen molar-refractivity contribution in [1.82, 2.24) is 4.98 Å². The molecule has 0 spiro atoms. The molecule has 3 heteroatoms. The van der Waals surface area contributed by atoms with Gasteiger partial charge in [-0.15, -0.1) is 0 Å². The Morgan fingerprint density at radius 2 is 1.80 bits per heavy atom. The second-order valence-corrected chi connectivity index (χ2v) is 3.45. The molecule has 2 N–H and O–H groups in total. The lowest BCUT2D eigenvalue weighted by Gasteiger charge is -2.02. The number of H-pyrrole nitrogens is 1. The fraction of sp³-hybridized carbons (Fsp3) is 0.0833. The number of nitrogens with one attached hydrogen (secondary N) is 1. The number of phenolic OH excluding ortho intramolecular Hbond substituents is 1. The van der Waals surface area contributed by atoms with Crippen LogP contribution in [0.2, 0.25) is 0 Å². The van der Waals surface area contributed by atoms with Gasteiger partial charge in [0.15, 0.2) is 0 Å². The molecule has 1 aromatic heterocycles. The molecule has 0 saturated heterocycles. The number of pyridine rings is 1. The lowest BCUT2D eigenvalue weighted by Crippen LogP contribution is -2.07. The van der Waals surface area contributed by atoms with Crippen LogP contribution in [-0.2, 0) is 0 Å². The summed E-state index contributed by atoms with van der Waals surface area (Å²) in [4.78, 5) is 13.8. The van der Waals surface area contributed by atoms with Crippen LogP contribution in [0.25, 0.3) is 11.1 Å². The molecular formula is C12H11NO2. The summed E-state index contributed by atoms with van der Waals surface area (Å²) in [7, 11) is 0. The van der Waals surface area contributed by atoms with E-state index in [1.807, 2.05) is 18.2 Å². The molecule has 0 saturated carbocycles. The summed E-state index contributed by atoms with van der Waals surface area (Å²) in [5.41, 5.74) is 2.51. The Morgan fingerprint density at radius 1 is 1.13 bits per heavy atom. The Balaban J connectivity index is 2.50. The topological polar surface area (TPSA) is 53.1 Å². The molecule has 0 aliphatic carbocycles. The number of aromatic hydroxyl groups is 1. The minimum Gasteiger partial charge on any atom is -0.508 e. The van der Waals surface area contributed by atoms with Crippen LogP contribution in [0.1, 0.15) is 5.56 Å². The average Bonchev–Trinajstić information content (AvgIpc) is 2.23. The van der Waals surface area contributed by atoms with Crippen molar-refractivity contribution < 1.29 is 5.11 Å². The quantitative estimate of drug-likeness (QED) is 0.742. The Morgan fingerprint density at radius 3 is 2.40 bits per heavy atom. The number of rotatable bonds is 1. The lowest BCUT2D eigenvalue weighted by molar-refractivity contribution is 0.475. The molecule has 3 nitrogen and oxygen atoms in total. The van der Waals surface area contributed by atoms with Crippen molar-refractivity contribution in [3.05, 3.63) is 52.4 Å². The standard InChI is InChI=1S/C12H11NO2/c1-8-6-10(7-13-12(8)15)9-2-4-11(14)5-3-9/h2-7,14H,1H3,(H,13,15). The fourth-order valence-corrected chi connectivity index (χ4v) is 1.42. The predicted octanol–water partition coefficient (Wildman–Crippen LogP) is 2.06. The van der Waals surface area contributed by atoms with E-state index in [1.54, 1.807) is 25.3 Å². The van der Waals surface area contributed by atoms with E-state index in [2.05, 4.69) is 4.98 Å². The van der Waals surface area contributed by atoms with Crippen molar-refractivity contribution in [2.24, 2.45) is 0 Å². The number of phenols is 1. The summed E-state index contributed by atoms with van der Waals surface area (Å²) in [5.74, 6) is 0.236. The predicted molar refractivity (Wildman–Crippen MR) is 58.9 cm³/mol. The van der Waals surface area contributed by atoms with Crippen LogP contribution in [0.5, 0.6) is 5.75 Å². The van der Waals surface area contributed by atoms with E-state index in [0.29, 0.717) is 5.56 Å². The minimum atomic E-state index is -0.0717. The molecule has 1 aromatic carbocycles. The van der Waals surface area contributed by atoms with Gasteiger partial charge in [-0.1, -0.05) is 12.1 Å². The highest BCUT2D eigenvalue weighted by molar-refractivity contribution is 5.63. The normalized spacial score (nSPS) is 10.2. The molecule has 0 bridgehead atoms. The molecule has 1 heterocycles. The van der Waals surface area contributed by atoms with Gasteiger partial charge >= 0.3 is 0 Å². The van der Waals surface area contributed by atoms with Crippen molar-refractivity contribution in [2.75, 3.05) is 0 Å². The zero-order valence-electron chi connectivity index (χ0n) is 8.32. The molecule has 2 aromatic rings. The van der Waals surface area contributed by atoms with Gasteiger partial charge in [0.1, 0.15) is 5.75 Å². The first-order chi connectivity index (χ1) is 7.16. The third-order valence-electron chi connectivity index (χ3n) is 2.29. The van der Waals surface area contributed by atoms with Crippen LogP contribution in [0.3, 0.4) is 0 Å². The zero-order valence-corrected chi connectivity index (χ0v) is 8.32. The molecular weight excluding hydrogens is 190 g/mol. The summed E-state index contributed by atoms with van der Waals surface area (Å²) in [6, 6.07) is 8.68. The minimum absolute atomic E-state index is 0.0717. The van der Waals surface area contributed by atoms with Gasteiger partial charge in [0, 0.05) is 11.8 Å². The van der Waals surface area contributed by atoms with Crippen LogP contribution >= 0.6 is 0 Å². The maximum absolute atomic E-state index is 11.2. The van der Waals surface area contributed by atoms with E-state index >= 15 is 0 Å². The number of aromatic amines is 1. The third kappa shape index (κ3) is 1.91. The summed E-state index contributed by atoms with van der Waals surface area (Å²) in [6.07, 6.45) is 1.67. The van der Waals surface area contributed by atoms with Gasteiger partial charge in [0.25, 0.3) is 5.56 Å². The second-order valence-electron chi connectivity index (χ2n) is 3.45. The van der Waals surface area contributed by atoms with Crippen molar-refractivity contribution in [3.8, 4) is 16.9 Å². The van der Waals surface area contributed by atoms with E-state index in [9.17, 15) is 4.79 Å². The van der Waals surface area contributed by atoms with E-state index in [4.69, 9.17) is 5.11 Å². The highest BCUT2D eigenvalue weighted by Crippen LogP contribution is 2.20. The van der Waals surface area contributed by atoms with Crippen molar-refractivity contribution in [3.63, 3.8) is 0 Å². The Kier molecular flexibility index (Phi) is 2.29. The van der Waals surface area contributed by atoms with Crippen LogP contribution in [0.4, 0.5) is 0 Å². The second kappa shape index (κ2) is 3.61. The third-order valence-corrected chi connectivity index (χ3v) is 2.29. The molecule has 0 radical (unpaired) electrons. The maximum Gasteiger partial charge on any atom is 0.250 e. The number of aryl methyl sites for hydroxylation is 1. The first kappa shape index (κ1) is 9.52. The van der Waals surface area contributed by atoms with E-state index in [-0.39, 0.29) is 11.3 Å². The van der Waals surface area contributed by atoms with Gasteiger partial charge in [-0.2, -0.15) is 0 Å². The molecule has 0 aliphatic rings. The van der Waals surface area contributed by atoms with Crippen molar-refractivity contribution >= 4 is 0 Å². The fourth-order valence-electron chi connectivity index (χ4n) is 1.42. The van der Waals surface area contributed by atoms with Gasteiger partial charge in [-0.3, -0.25) is 4.79 Å². The summed E-state index contributed by atoms with van der Waals surface area (Å²) >= 11 is 0. The van der Waals surface area contributed by atoms with Crippen LogP contribution in [-0.4, -0.2) is 10.1 Å². The molecule has 0 fully saturated rings. The maximum atomic E-state index is 11.2. The Bertz CT molecular complexity index is 526. The van der Waals surface area contributed by atoms with Crippen molar-refractivity contribution in [2.45, 2.75) is 6.92 Å². The van der Waals surface area contributed by atoms with Crippen LogP contribution < -0.4 is 5.56 Å². The summed E-state index contributed by atoms with van der Waals surface area (Å²) in [6.45, 7) is 1.77. The number of hydrogen-bond donors (Lipinski definition) is 2. The average molecular weight is 201 g/mol. The summed E-state index contributed by atoms with van der Waals surface area (Å²) < 4.78 is 0. The highest BCUT2D eigenvalue weighted by atomic mass is 16.3. The van der Waals surface area contributed by atoms with Crippen molar-refractivity contribution in [1.29, 1.82) is 0 Å². The first-order valence-electron chi connectivity index (χ1n) is 4.65. The van der Waals surface area contributed by atoms with Gasteiger partial charge in [0.2, 0.25) is 0 Å². The highest BCUT2D eigenvalue weighted by Gasteiger charge is 1.99. The first-order valence-corrected chi connectivity index (χ1v) is 4.65. The number of aromatic nitrogens is 1. The Labute approximate surface area is 87.0 Å². The number of benzene rings is 1. The van der Waals surface area contributed by atoms with Crippen LogP contribution in [0, 0.1) is 6.92 Å². The number of hydrogen-bond acceptors (Lipinski definition) is 2. The lowest BCUT2D eigenvalue weighted by atomic mass is 10.1. The zero-order chi connectivity index (χ0) is 10.8. The SMILES string of the molecule is Cc1cc(-c2ccc(O)cc2)c[nH]c1=O. The summed E-state index contributed by atoms with van der Waals surface area (Å²) in [5, 5.41) is 9.14. The van der Waals surface area contributed by atoms with E-state index in [1.165, 1.54) is 0 Å². The van der Waals surface area contributed by atoms with Gasteiger partial charge in [-0.05, 0) is 36.2 Å².